The van der Waals surface area contributed by atoms with Crippen LogP contribution in [-0.4, -0.2) is 66.7 Å². The maximum absolute atomic E-state index is 13.6. The third kappa shape index (κ3) is 5.16. The van der Waals surface area contributed by atoms with E-state index in [4.69, 9.17) is 9.47 Å². The zero-order chi connectivity index (χ0) is 26.1. The zero-order valence-electron chi connectivity index (χ0n) is 20.8. The largest absolute Gasteiger partial charge is 0.387 e. The molecule has 4 heterocycles. The summed E-state index contributed by atoms with van der Waals surface area (Å²) in [5.41, 5.74) is 4.48. The average Bonchev–Trinajstić information content (AvgIpc) is 3.41. The Hall–Kier alpha value is -3.51. The Bertz CT molecular complexity index is 1400. The average molecular weight is 509 g/mol. The van der Waals surface area contributed by atoms with E-state index in [1.807, 2.05) is 44.0 Å². The van der Waals surface area contributed by atoms with Crippen LogP contribution in [0.25, 0.3) is 11.2 Å². The predicted octanol–water partition coefficient (Wildman–Crippen LogP) is 2.45. The molecule has 0 spiro atoms. The first-order chi connectivity index (χ1) is 17.8. The summed E-state index contributed by atoms with van der Waals surface area (Å²) < 4.78 is 27.0. The summed E-state index contributed by atoms with van der Waals surface area (Å²) in [4.78, 5) is 19.4. The van der Waals surface area contributed by atoms with Gasteiger partial charge in [0.15, 0.2) is 23.2 Å². The second-order valence-corrected chi connectivity index (χ2v) is 9.27. The molecule has 0 aliphatic carbocycles. The number of aromatic nitrogens is 5. The van der Waals surface area contributed by atoms with Gasteiger partial charge in [0.05, 0.1) is 19.5 Å². The Balaban J connectivity index is 1.30. The molecule has 1 aliphatic rings. The minimum absolute atomic E-state index is 0.0886. The van der Waals surface area contributed by atoms with Crippen molar-refractivity contribution in [2.45, 2.75) is 51.5 Å². The highest BCUT2D eigenvalue weighted by molar-refractivity contribution is 5.83. The third-order valence-electron chi connectivity index (χ3n) is 6.50. The quantitative estimate of drug-likeness (QED) is 0.370. The Morgan fingerprint density at radius 1 is 1.11 bits per heavy atom. The van der Waals surface area contributed by atoms with E-state index in [-0.39, 0.29) is 12.4 Å². The molecule has 5 rings (SSSR count). The van der Waals surface area contributed by atoms with Gasteiger partial charge in [-0.1, -0.05) is 18.2 Å². The van der Waals surface area contributed by atoms with Crippen LogP contribution in [0, 0.1) is 19.7 Å². The molecule has 4 atom stereocenters. The maximum Gasteiger partial charge on any atom is 0.167 e. The van der Waals surface area contributed by atoms with Gasteiger partial charge in [0.1, 0.15) is 30.5 Å². The van der Waals surface area contributed by atoms with Gasteiger partial charge in [0, 0.05) is 25.0 Å². The van der Waals surface area contributed by atoms with E-state index < -0.39 is 24.5 Å². The normalized spacial score (nSPS) is 21.6. The number of pyridine rings is 1. The number of ether oxygens (including phenoxy) is 2. The lowest BCUT2D eigenvalue weighted by molar-refractivity contribution is -0.0683. The Labute approximate surface area is 213 Å². The predicted molar refractivity (Wildman–Crippen MR) is 133 cm³/mol. The van der Waals surface area contributed by atoms with E-state index in [9.17, 15) is 14.6 Å². The summed E-state index contributed by atoms with van der Waals surface area (Å²) in [6.45, 7) is 4.66. The fourth-order valence-electron chi connectivity index (χ4n) is 4.54. The van der Waals surface area contributed by atoms with Crippen LogP contribution >= 0.6 is 0 Å². The van der Waals surface area contributed by atoms with Gasteiger partial charge in [-0.05, 0) is 43.2 Å². The minimum Gasteiger partial charge on any atom is -0.387 e. The third-order valence-corrected chi connectivity index (χ3v) is 6.50. The molecular formula is C26H29FN6O4. The van der Waals surface area contributed by atoms with Gasteiger partial charge < -0.3 is 24.6 Å². The molecule has 1 aromatic carbocycles. The van der Waals surface area contributed by atoms with Crippen molar-refractivity contribution in [3.8, 4) is 0 Å². The van der Waals surface area contributed by atoms with Crippen molar-refractivity contribution < 1.29 is 24.1 Å². The number of aryl methyl sites for hydroxylation is 2. The SMILES string of the molecule is Cc1ccc(COC[C@H]2O[C@@H](n3cnc4c(N(C)Cc5cccc(F)c5)ncnc43)[C@H](O)[C@@H]2O)c(C)n1. The van der Waals surface area contributed by atoms with Gasteiger partial charge in [0.2, 0.25) is 0 Å². The van der Waals surface area contributed by atoms with Crippen LogP contribution in [-0.2, 0) is 22.6 Å². The zero-order valence-corrected chi connectivity index (χ0v) is 20.8. The number of aliphatic hydroxyl groups excluding tert-OH is 2. The van der Waals surface area contributed by atoms with Gasteiger partial charge in [-0.3, -0.25) is 9.55 Å². The minimum atomic E-state index is -1.21. The molecule has 0 amide bonds. The van der Waals surface area contributed by atoms with Crippen molar-refractivity contribution in [2.24, 2.45) is 0 Å². The number of hydrogen-bond donors (Lipinski definition) is 2. The topological polar surface area (TPSA) is 119 Å². The highest BCUT2D eigenvalue weighted by Crippen LogP contribution is 2.33. The Morgan fingerprint density at radius 3 is 2.73 bits per heavy atom. The number of hydrogen-bond acceptors (Lipinski definition) is 9. The van der Waals surface area contributed by atoms with Crippen LogP contribution in [0.4, 0.5) is 10.2 Å². The first kappa shape index (κ1) is 25.2. The first-order valence-corrected chi connectivity index (χ1v) is 12.0. The highest BCUT2D eigenvalue weighted by atomic mass is 19.1. The molecule has 0 unspecified atom stereocenters. The molecule has 1 saturated heterocycles. The second-order valence-electron chi connectivity index (χ2n) is 9.27. The molecule has 0 bridgehead atoms. The van der Waals surface area contributed by atoms with Gasteiger partial charge in [-0.25, -0.2) is 19.3 Å². The summed E-state index contributed by atoms with van der Waals surface area (Å²) in [5, 5.41) is 21.4. The van der Waals surface area contributed by atoms with Gasteiger partial charge >= 0.3 is 0 Å². The molecule has 0 saturated carbocycles. The van der Waals surface area contributed by atoms with Crippen LogP contribution < -0.4 is 4.90 Å². The van der Waals surface area contributed by atoms with Crippen molar-refractivity contribution in [1.82, 2.24) is 24.5 Å². The van der Waals surface area contributed by atoms with Crippen molar-refractivity contribution in [3.63, 3.8) is 0 Å². The summed E-state index contributed by atoms with van der Waals surface area (Å²) in [7, 11) is 1.83. The van der Waals surface area contributed by atoms with E-state index in [0.717, 1.165) is 22.5 Å². The standard InChI is InChI=1S/C26H29FN6O4/c1-15-7-8-18(16(2)31-15)11-36-12-20-22(34)23(35)26(37-20)33-14-30-21-24(28-13-29-25(21)33)32(3)10-17-5-4-6-19(27)9-17/h4-9,13-14,20,22-23,26,34-35H,10-12H2,1-3H3/t20-,22-,23-,26-/m1/s1. The van der Waals surface area contributed by atoms with E-state index in [1.54, 1.807) is 10.6 Å². The molecule has 0 radical (unpaired) electrons. The molecule has 194 valence electrons. The number of benzene rings is 1. The summed E-state index contributed by atoms with van der Waals surface area (Å²) in [5.74, 6) is 0.237. The van der Waals surface area contributed by atoms with Gasteiger partial charge in [0.25, 0.3) is 0 Å². The lowest BCUT2D eigenvalue weighted by atomic mass is 10.1. The van der Waals surface area contributed by atoms with Crippen LogP contribution in [0.3, 0.4) is 0 Å². The number of halogens is 1. The number of anilines is 1. The number of imidazole rings is 1. The first-order valence-electron chi connectivity index (χ1n) is 12.0. The Kier molecular flexibility index (Phi) is 7.11. The van der Waals surface area contributed by atoms with E-state index in [2.05, 4.69) is 19.9 Å². The van der Waals surface area contributed by atoms with Crippen molar-refractivity contribution >= 4 is 17.0 Å². The van der Waals surface area contributed by atoms with Crippen LogP contribution in [0.15, 0.2) is 49.1 Å². The number of rotatable bonds is 8. The van der Waals surface area contributed by atoms with Crippen molar-refractivity contribution in [3.05, 3.63) is 77.4 Å². The Morgan fingerprint density at radius 2 is 1.95 bits per heavy atom. The van der Waals surface area contributed by atoms with Crippen LogP contribution in [0.1, 0.15) is 28.7 Å². The molecule has 1 fully saturated rings. The lowest BCUT2D eigenvalue weighted by Gasteiger charge is -2.19. The van der Waals surface area contributed by atoms with Gasteiger partial charge in [-0.15, -0.1) is 0 Å². The summed E-state index contributed by atoms with van der Waals surface area (Å²) in [6, 6.07) is 10.2. The second kappa shape index (κ2) is 10.5. The molecule has 37 heavy (non-hydrogen) atoms. The van der Waals surface area contributed by atoms with Crippen molar-refractivity contribution in [1.29, 1.82) is 0 Å². The van der Waals surface area contributed by atoms with Crippen LogP contribution in [0.2, 0.25) is 0 Å². The molecule has 11 heteroatoms. The van der Waals surface area contributed by atoms with E-state index >= 15 is 0 Å². The summed E-state index contributed by atoms with van der Waals surface area (Å²) >= 11 is 0. The van der Waals surface area contributed by atoms with Crippen LogP contribution in [0.5, 0.6) is 0 Å². The fourth-order valence-corrected chi connectivity index (χ4v) is 4.54. The number of nitrogens with zero attached hydrogens (tertiary/aromatic N) is 6. The summed E-state index contributed by atoms with van der Waals surface area (Å²) in [6.07, 6.45) is -1.12. The van der Waals surface area contributed by atoms with Gasteiger partial charge in [-0.2, -0.15) is 0 Å². The molecule has 4 aromatic rings. The molecule has 2 N–H and O–H groups in total. The smallest absolute Gasteiger partial charge is 0.167 e. The van der Waals surface area contributed by atoms with E-state index in [1.165, 1.54) is 24.8 Å². The molecular weight excluding hydrogens is 479 g/mol. The van der Waals surface area contributed by atoms with Crippen molar-refractivity contribution in [2.75, 3.05) is 18.6 Å². The number of aliphatic hydroxyl groups is 2. The highest BCUT2D eigenvalue weighted by Gasteiger charge is 2.44. The molecule has 1 aliphatic heterocycles. The molecule has 3 aromatic heterocycles. The molecule has 10 nitrogen and oxygen atoms in total. The monoisotopic (exact) mass is 508 g/mol. The lowest BCUT2D eigenvalue weighted by Crippen LogP contribution is -2.33. The number of fused-ring (bicyclic) bond motifs is 1. The fraction of sp³-hybridized carbons (Fsp3) is 0.385. The van der Waals surface area contributed by atoms with E-state index in [0.29, 0.717) is 30.1 Å². The maximum atomic E-state index is 13.6.